The average Bonchev–Trinajstić information content (AvgIpc) is 1.54. The van der Waals surface area contributed by atoms with E-state index in [1.807, 2.05) is 97.1 Å². The highest BCUT2D eigenvalue weighted by Gasteiger charge is 2.28. The Balaban J connectivity index is 0.000000141. The van der Waals surface area contributed by atoms with Crippen molar-refractivity contribution in [2.75, 3.05) is 0 Å². The number of hydrogen-bond acceptors (Lipinski definition) is 8. The first-order valence-corrected chi connectivity index (χ1v) is 47.2. The quantitative estimate of drug-likeness (QED) is 0.0911. The van der Waals surface area contributed by atoms with E-state index < -0.39 is 7.12 Å². The Morgan fingerprint density at radius 2 is 0.453 bits per heavy atom. The van der Waals surface area contributed by atoms with Gasteiger partial charge in [0.2, 0.25) is 17.2 Å². The third-order valence-electron chi connectivity index (χ3n) is 23.6. The third-order valence-corrected chi connectivity index (χ3v) is 23.7. The number of halogens is 1. The monoisotopic (exact) mass is 1920 g/mol. The number of hydrogen-bond donors (Lipinski definition) is 2. The molecule has 0 bridgehead atoms. The molecule has 0 radical (unpaired) electrons. The maximum atomic E-state index is 9.05. The Bertz CT molecular complexity index is 10200. The van der Waals surface area contributed by atoms with Crippen molar-refractivity contribution < 1.29 is 11.5 Å². The fraction of sp³-hybridized carbons (Fsp3) is 0. The molecule has 0 saturated heterocycles. The average molecular weight is 1930 g/mol. The molecule has 16 aromatic carbocycles. The second kappa shape index (κ2) is 47.7. The van der Waals surface area contributed by atoms with Crippen LogP contribution in [0.1, 0.15) is 1.43 Å². The van der Waals surface area contributed by atoms with Crippen molar-refractivity contribution in [1.29, 1.82) is 0 Å². The molecule has 12 nitrogen and oxygen atoms in total. The van der Waals surface area contributed by atoms with E-state index in [2.05, 4.69) is 504 Å². The van der Waals surface area contributed by atoms with Gasteiger partial charge >= 0.3 is 7.12 Å². The molecule has 150 heavy (non-hydrogen) atoms. The Hall–Kier alpha value is -22.5. The predicted octanol–water partition coefficient (Wildman–Crippen LogP) is 24.4. The van der Waals surface area contributed by atoms with Crippen molar-refractivity contribution >= 4 is 111 Å². The first kappa shape index (κ1) is 96.4. The highest BCUT2D eigenvalue weighted by atomic mass is 35.5. The number of terminal acetylenes is 2. The third kappa shape index (κ3) is 22.1. The largest absolute Gasteiger partial charge is 0.488 e. The Labute approximate surface area is 874 Å². The van der Waals surface area contributed by atoms with Crippen molar-refractivity contribution in [3.05, 3.63) is 406 Å². The fourth-order valence-corrected chi connectivity index (χ4v) is 17.5. The molecular formula is C136H72BClN10O2. The number of rotatable bonds is 12. The van der Waals surface area contributed by atoms with Crippen molar-refractivity contribution in [3.63, 3.8) is 0 Å². The zero-order chi connectivity index (χ0) is 102. The summed E-state index contributed by atoms with van der Waals surface area (Å²) in [6, 6.07) is 138. The molecule has 0 spiro atoms. The maximum Gasteiger partial charge on any atom is 0.488 e. The van der Waals surface area contributed by atoms with Crippen molar-refractivity contribution in [1.82, 2.24) is 48.2 Å². The van der Waals surface area contributed by atoms with Crippen LogP contribution in [0, 0.1) is 202 Å². The summed E-state index contributed by atoms with van der Waals surface area (Å²) < 4.78 is 9.24. The minimum Gasteiger partial charge on any atom is -0.423 e. The number of nitrogens with zero attached hydrogens (tertiary/aromatic N) is 10. The SMILES string of the molecule is C#CC#CC#CC#CC#CC#CC#CC#CC#CC#CC#CC#CC#CC#CC#CC#CC#C.Clc1nc(-c2ccccc2)nc(-n2c3ccccc3c3ccc4c5ccccc5n(-c5ccccc5-c5ccccc5)c4c32)n1.OB(O)c1cccc(-c2ccccc2)c1.[2HH].c1ccc(-c2cccc(-c3nc(-c4ccccc4)nc(-n4c5ccccc5c5ccc6c7ccccc7n(-c7ccccc7-c7ccccc7)c6c54)n3)c2)cc1. The minimum absolute atomic E-state index is 0. The molecule has 0 aliphatic carbocycles. The lowest BCUT2D eigenvalue weighted by molar-refractivity contribution is 0.426. The van der Waals surface area contributed by atoms with Gasteiger partial charge in [0.05, 0.1) is 55.5 Å². The molecule has 0 unspecified atom stereocenters. The van der Waals surface area contributed by atoms with Gasteiger partial charge in [-0.2, -0.15) is 24.9 Å². The molecule has 22 aromatic rings. The lowest BCUT2D eigenvalue weighted by atomic mass is 9.79. The Kier molecular flexibility index (Phi) is 30.6. The first-order chi connectivity index (χ1) is 74.2. The van der Waals surface area contributed by atoms with E-state index in [1.165, 1.54) is 10.8 Å². The second-order valence-corrected chi connectivity index (χ2v) is 32.8. The fourth-order valence-electron chi connectivity index (χ4n) is 17.4. The number of benzene rings is 16. The van der Waals surface area contributed by atoms with Gasteiger partial charge in [-0.3, -0.25) is 9.13 Å². The highest BCUT2D eigenvalue weighted by molar-refractivity contribution is 6.58. The van der Waals surface area contributed by atoms with Crippen LogP contribution in [0.3, 0.4) is 0 Å². The zero-order valence-corrected chi connectivity index (χ0v) is 80.3. The van der Waals surface area contributed by atoms with Crippen LogP contribution in [0.2, 0.25) is 5.28 Å². The van der Waals surface area contributed by atoms with E-state index in [-0.39, 0.29) is 6.71 Å². The molecule has 0 atom stereocenters. The normalized spacial score (nSPS) is 9.69. The molecule has 688 valence electrons. The van der Waals surface area contributed by atoms with Crippen LogP contribution in [0.4, 0.5) is 0 Å². The van der Waals surface area contributed by atoms with Crippen LogP contribution in [-0.2, 0) is 0 Å². The van der Waals surface area contributed by atoms with E-state index in [0.717, 1.165) is 149 Å². The topological polar surface area (TPSA) is 138 Å². The highest BCUT2D eigenvalue weighted by Crippen LogP contribution is 2.46. The van der Waals surface area contributed by atoms with Crippen LogP contribution in [0.5, 0.6) is 0 Å². The number of para-hydroxylation sites is 6. The minimum atomic E-state index is -1.41. The van der Waals surface area contributed by atoms with Gasteiger partial charge in [-0.1, -0.05) is 358 Å². The molecule has 2 N–H and O–H groups in total. The van der Waals surface area contributed by atoms with Crippen LogP contribution < -0.4 is 5.46 Å². The van der Waals surface area contributed by atoms with E-state index in [9.17, 15) is 0 Å². The van der Waals surface area contributed by atoms with Crippen LogP contribution in [-0.4, -0.2) is 65.3 Å². The van der Waals surface area contributed by atoms with E-state index in [1.54, 1.807) is 12.1 Å². The zero-order valence-electron chi connectivity index (χ0n) is 79.6. The van der Waals surface area contributed by atoms with Crippen molar-refractivity contribution in [2.24, 2.45) is 0 Å². The van der Waals surface area contributed by atoms with Crippen LogP contribution >= 0.6 is 11.6 Å². The summed E-state index contributed by atoms with van der Waals surface area (Å²) in [6.07, 6.45) is 9.85. The lowest BCUT2D eigenvalue weighted by Gasteiger charge is -2.16. The molecule has 0 fully saturated rings. The van der Waals surface area contributed by atoms with Gasteiger partial charge < -0.3 is 19.2 Å². The van der Waals surface area contributed by atoms with Crippen LogP contribution in [0.25, 0.3) is 189 Å². The standard InChI is InChI=1S/C51H33N5.C39H24ClN5.C34H2.C12H11BO2.H2/c1-4-17-34(18-5-1)37-23-16-24-38(33-37)50-52-49(36-21-8-3-9-22-36)53-51(54-50)56-46-30-15-12-27-41(46)43-32-31-42-40-26-11-14-29-45(40)55(47(42)48(43)56)44-28-13-10-25-39(44)35-19-6-2-7-20-35;40-38-41-37(26-15-5-2-6-16-26)42-39(43-38)45-34-22-12-9-19-29(34)31-24-23-30-28-18-8-11-21-33(28)44(35(30)36(31)45)32-20-10-7-17-27(32)25-13-3-1-4-14-25;1-3-5-7-9-11-13-15-17-19-21-23-25-27-29-31-33-34-32-30-28-26-24-22-20-18-16-14-12-10-8-6-4-2;14-13(15)12-8-4-7-11(9-12)10-5-2-1-3-6-10;/h1-33H;1-24H;1-2H;1-9,14-15H;1H/i;;;;1+1. The Morgan fingerprint density at radius 1 is 0.207 bits per heavy atom. The molecule has 0 amide bonds. The first-order valence-electron chi connectivity index (χ1n) is 46.8. The lowest BCUT2D eigenvalue weighted by Crippen LogP contribution is -2.29. The smallest absolute Gasteiger partial charge is 0.423 e. The molecule has 6 heterocycles. The van der Waals surface area contributed by atoms with E-state index in [4.69, 9.17) is 59.4 Å². The van der Waals surface area contributed by atoms with Gasteiger partial charge in [-0.15, -0.1) is 12.8 Å². The summed E-state index contributed by atoms with van der Waals surface area (Å²) in [4.78, 5) is 30.1. The Morgan fingerprint density at radius 3 is 0.793 bits per heavy atom. The van der Waals surface area contributed by atoms with Crippen molar-refractivity contribution in [2.45, 2.75) is 0 Å². The molecule has 6 aromatic heterocycles. The molecule has 0 aliphatic rings. The van der Waals surface area contributed by atoms with E-state index in [0.29, 0.717) is 34.8 Å². The van der Waals surface area contributed by atoms with Gasteiger partial charge in [-0.05, 0) is 188 Å². The summed E-state index contributed by atoms with van der Waals surface area (Å²) in [5.41, 5.74) is 22.8. The van der Waals surface area contributed by atoms with Gasteiger partial charge in [-0.25, -0.2) is 4.98 Å². The van der Waals surface area contributed by atoms with Gasteiger partial charge in [0.25, 0.3) is 0 Å². The summed E-state index contributed by atoms with van der Waals surface area (Å²) in [7, 11) is -1.41. The second-order valence-electron chi connectivity index (χ2n) is 32.5. The molecule has 0 aliphatic heterocycles. The summed E-state index contributed by atoms with van der Waals surface area (Å²) in [6.45, 7) is 0. The maximum absolute atomic E-state index is 9.05. The number of fused-ring (bicyclic) bond motifs is 14. The van der Waals surface area contributed by atoms with Gasteiger partial charge in [0, 0.05) is 167 Å². The van der Waals surface area contributed by atoms with Crippen molar-refractivity contribution in [3.8, 4) is 304 Å². The predicted molar refractivity (Wildman–Crippen MR) is 613 cm³/mol. The van der Waals surface area contributed by atoms with E-state index >= 15 is 0 Å². The summed E-state index contributed by atoms with van der Waals surface area (Å²) in [5, 5.41) is 27.4. The molecule has 14 heteroatoms. The molecule has 0 saturated carbocycles. The van der Waals surface area contributed by atoms with Crippen LogP contribution in [0.15, 0.2) is 400 Å². The molecule has 22 rings (SSSR count). The number of aromatic nitrogens is 10. The van der Waals surface area contributed by atoms with Gasteiger partial charge in [0.15, 0.2) is 17.5 Å². The summed E-state index contributed by atoms with van der Waals surface area (Å²) in [5.74, 6) is 80.9. The summed E-state index contributed by atoms with van der Waals surface area (Å²) >= 11 is 6.64. The molecular weight excluding hydrogens is 1850 g/mol. The van der Waals surface area contributed by atoms with Gasteiger partial charge in [0.1, 0.15) is 0 Å².